The molecule has 2 N–H and O–H groups in total. The van der Waals surface area contributed by atoms with Gasteiger partial charge in [0.2, 0.25) is 0 Å². The molecule has 1 amide bonds. The van der Waals surface area contributed by atoms with Crippen LogP contribution in [-0.4, -0.2) is 15.9 Å². The van der Waals surface area contributed by atoms with Crippen molar-refractivity contribution < 1.29 is 14.8 Å². The number of amides is 1. The Hall–Kier alpha value is -2.60. The quantitative estimate of drug-likeness (QED) is 0.516. The summed E-state index contributed by atoms with van der Waals surface area (Å²) in [5, 5.41) is 22.6. The number of rotatable bonds is 3. The predicted octanol–water partition coefficient (Wildman–Crippen LogP) is 3.21. The number of nitro groups is 1. The number of benzene rings is 2. The summed E-state index contributed by atoms with van der Waals surface area (Å²) in [5.41, 5.74) is -0.0299. The minimum absolute atomic E-state index is 0.00875. The second-order valence-corrected chi connectivity index (χ2v) is 4.31. The number of nitrogens with zero attached hydrogens (tertiary/aromatic N) is 1. The van der Waals surface area contributed by atoms with Crippen molar-refractivity contribution in [1.29, 1.82) is 0 Å². The molecule has 2 aromatic rings. The zero-order valence-electron chi connectivity index (χ0n) is 10.0. The van der Waals surface area contributed by atoms with Crippen LogP contribution in [0.15, 0.2) is 42.5 Å². The SMILES string of the molecule is O=C(Nc1cc(Cl)c([N+](=O)[O-])cc1O)c1ccccc1. The molecule has 20 heavy (non-hydrogen) atoms. The molecule has 0 aliphatic heterocycles. The Bertz CT molecular complexity index is 674. The molecule has 6 nitrogen and oxygen atoms in total. The maximum absolute atomic E-state index is 11.9. The third-order valence-corrected chi connectivity index (χ3v) is 2.85. The van der Waals surface area contributed by atoms with Gasteiger partial charge < -0.3 is 10.4 Å². The van der Waals surface area contributed by atoms with E-state index in [0.29, 0.717) is 5.56 Å². The third kappa shape index (κ3) is 2.86. The van der Waals surface area contributed by atoms with Crippen LogP contribution < -0.4 is 5.32 Å². The van der Waals surface area contributed by atoms with Gasteiger partial charge in [0.1, 0.15) is 10.8 Å². The summed E-state index contributed by atoms with van der Waals surface area (Å²) in [4.78, 5) is 21.8. The third-order valence-electron chi connectivity index (χ3n) is 2.55. The van der Waals surface area contributed by atoms with Crippen molar-refractivity contribution in [2.75, 3.05) is 5.32 Å². The van der Waals surface area contributed by atoms with Crippen molar-refractivity contribution in [2.45, 2.75) is 0 Å². The highest BCUT2D eigenvalue weighted by atomic mass is 35.5. The van der Waals surface area contributed by atoms with Crippen LogP contribution in [0.25, 0.3) is 0 Å². The lowest BCUT2D eigenvalue weighted by atomic mass is 10.2. The Labute approximate surface area is 118 Å². The largest absolute Gasteiger partial charge is 0.506 e. The molecule has 0 aliphatic rings. The first-order chi connectivity index (χ1) is 9.49. The maximum Gasteiger partial charge on any atom is 0.291 e. The topological polar surface area (TPSA) is 92.5 Å². The first-order valence-electron chi connectivity index (χ1n) is 5.52. The van der Waals surface area contributed by atoms with Crippen LogP contribution in [0.2, 0.25) is 5.02 Å². The minimum atomic E-state index is -0.717. The number of nitro benzene ring substituents is 1. The summed E-state index contributed by atoms with van der Waals surface area (Å²) in [6.07, 6.45) is 0. The highest BCUT2D eigenvalue weighted by Crippen LogP contribution is 2.35. The van der Waals surface area contributed by atoms with Gasteiger partial charge in [-0.05, 0) is 18.2 Å². The van der Waals surface area contributed by atoms with Gasteiger partial charge in [-0.25, -0.2) is 0 Å². The smallest absolute Gasteiger partial charge is 0.291 e. The normalized spacial score (nSPS) is 10.1. The number of carbonyl (C=O) groups excluding carboxylic acids is 1. The maximum atomic E-state index is 11.9. The van der Waals surface area contributed by atoms with E-state index in [4.69, 9.17) is 11.6 Å². The zero-order chi connectivity index (χ0) is 14.7. The van der Waals surface area contributed by atoms with Crippen LogP contribution >= 0.6 is 11.6 Å². The number of anilines is 1. The Kier molecular flexibility index (Phi) is 3.86. The van der Waals surface area contributed by atoms with Crippen LogP contribution in [0.5, 0.6) is 5.75 Å². The average Bonchev–Trinajstić information content (AvgIpc) is 2.43. The molecule has 0 spiro atoms. The van der Waals surface area contributed by atoms with Gasteiger partial charge in [-0.3, -0.25) is 14.9 Å². The molecule has 0 bridgehead atoms. The number of aromatic hydroxyl groups is 1. The van der Waals surface area contributed by atoms with Crippen molar-refractivity contribution in [3.05, 3.63) is 63.2 Å². The molecule has 0 aromatic heterocycles. The van der Waals surface area contributed by atoms with Crippen LogP contribution in [0.4, 0.5) is 11.4 Å². The Morgan fingerprint density at radius 2 is 1.90 bits per heavy atom. The molecule has 2 aromatic carbocycles. The molecule has 0 radical (unpaired) electrons. The van der Waals surface area contributed by atoms with Crippen molar-refractivity contribution in [3.63, 3.8) is 0 Å². The van der Waals surface area contributed by atoms with Crippen molar-refractivity contribution in [1.82, 2.24) is 0 Å². The number of hydrogen-bond acceptors (Lipinski definition) is 4. The van der Waals surface area contributed by atoms with E-state index in [1.54, 1.807) is 30.3 Å². The molecule has 0 atom stereocenters. The van der Waals surface area contributed by atoms with Gasteiger partial charge in [-0.1, -0.05) is 29.8 Å². The second kappa shape index (κ2) is 5.58. The first kappa shape index (κ1) is 13.8. The predicted molar refractivity (Wildman–Crippen MR) is 74.2 cm³/mol. The number of carbonyl (C=O) groups is 1. The lowest BCUT2D eigenvalue weighted by molar-refractivity contribution is -0.384. The van der Waals surface area contributed by atoms with Gasteiger partial charge in [-0.15, -0.1) is 0 Å². The molecule has 0 aliphatic carbocycles. The molecule has 2 rings (SSSR count). The van der Waals surface area contributed by atoms with E-state index in [-0.39, 0.29) is 10.7 Å². The lowest BCUT2D eigenvalue weighted by Crippen LogP contribution is -2.11. The number of phenolic OH excluding ortho intramolecular Hbond substituents is 1. The van der Waals surface area contributed by atoms with E-state index in [2.05, 4.69) is 5.32 Å². The summed E-state index contributed by atoms with van der Waals surface area (Å²) < 4.78 is 0. The number of halogens is 1. The fourth-order valence-electron chi connectivity index (χ4n) is 1.57. The van der Waals surface area contributed by atoms with E-state index < -0.39 is 22.3 Å². The van der Waals surface area contributed by atoms with E-state index >= 15 is 0 Å². The highest BCUT2D eigenvalue weighted by molar-refractivity contribution is 6.33. The van der Waals surface area contributed by atoms with E-state index in [0.717, 1.165) is 12.1 Å². The van der Waals surface area contributed by atoms with Gasteiger partial charge in [0.05, 0.1) is 16.7 Å². The molecule has 0 fully saturated rings. The van der Waals surface area contributed by atoms with Crippen LogP contribution in [0, 0.1) is 10.1 Å². The van der Waals surface area contributed by atoms with Crippen molar-refractivity contribution in [2.24, 2.45) is 0 Å². The summed E-state index contributed by atoms with van der Waals surface area (Å²) in [7, 11) is 0. The Morgan fingerprint density at radius 1 is 1.25 bits per heavy atom. The summed E-state index contributed by atoms with van der Waals surface area (Å²) in [6, 6.07) is 10.4. The second-order valence-electron chi connectivity index (χ2n) is 3.90. The molecular weight excluding hydrogens is 284 g/mol. The standard InChI is InChI=1S/C13H9ClN2O4/c14-9-6-10(12(17)7-11(9)16(19)20)15-13(18)8-4-2-1-3-5-8/h1-7,17H,(H,15,18). The lowest BCUT2D eigenvalue weighted by Gasteiger charge is -2.08. The van der Waals surface area contributed by atoms with E-state index in [9.17, 15) is 20.0 Å². The number of phenols is 1. The molecular formula is C13H9ClN2O4. The first-order valence-corrected chi connectivity index (χ1v) is 5.90. The van der Waals surface area contributed by atoms with Crippen LogP contribution in [-0.2, 0) is 0 Å². The monoisotopic (exact) mass is 292 g/mol. The van der Waals surface area contributed by atoms with E-state index in [1.165, 1.54) is 0 Å². The summed E-state index contributed by atoms with van der Waals surface area (Å²) in [5.74, 6) is -0.879. The fourth-order valence-corrected chi connectivity index (χ4v) is 1.81. The van der Waals surface area contributed by atoms with Gasteiger partial charge in [0.15, 0.2) is 0 Å². The molecule has 0 saturated heterocycles. The number of nitrogens with one attached hydrogen (secondary N) is 1. The molecule has 0 saturated carbocycles. The van der Waals surface area contributed by atoms with Gasteiger partial charge >= 0.3 is 0 Å². The van der Waals surface area contributed by atoms with E-state index in [1.807, 2.05) is 0 Å². The average molecular weight is 293 g/mol. The highest BCUT2D eigenvalue weighted by Gasteiger charge is 2.18. The Morgan fingerprint density at radius 3 is 2.50 bits per heavy atom. The zero-order valence-corrected chi connectivity index (χ0v) is 10.8. The van der Waals surface area contributed by atoms with Gasteiger partial charge in [0, 0.05) is 5.56 Å². The molecule has 0 heterocycles. The van der Waals surface area contributed by atoms with Crippen molar-refractivity contribution >= 4 is 28.9 Å². The van der Waals surface area contributed by atoms with Crippen molar-refractivity contribution in [3.8, 4) is 5.75 Å². The Balaban J connectivity index is 2.29. The summed E-state index contributed by atoms with van der Waals surface area (Å²) >= 11 is 5.72. The molecule has 0 unspecified atom stereocenters. The molecule has 102 valence electrons. The van der Waals surface area contributed by atoms with Gasteiger partial charge in [-0.2, -0.15) is 0 Å². The fraction of sp³-hybridized carbons (Fsp3) is 0. The van der Waals surface area contributed by atoms with Crippen LogP contribution in [0.3, 0.4) is 0 Å². The minimum Gasteiger partial charge on any atom is -0.506 e. The molecule has 7 heteroatoms. The van der Waals surface area contributed by atoms with Gasteiger partial charge in [0.25, 0.3) is 11.6 Å². The number of hydrogen-bond donors (Lipinski definition) is 2. The van der Waals surface area contributed by atoms with Crippen LogP contribution in [0.1, 0.15) is 10.4 Å². The summed E-state index contributed by atoms with van der Waals surface area (Å²) in [6.45, 7) is 0.